The summed E-state index contributed by atoms with van der Waals surface area (Å²) in [6.45, 7) is 0.617. The third-order valence-corrected chi connectivity index (χ3v) is 1.63. The molecule has 1 aliphatic heterocycles. The van der Waals surface area contributed by atoms with Gasteiger partial charge >= 0.3 is 0 Å². The molecule has 52 valence electrons. The van der Waals surface area contributed by atoms with Crippen LogP contribution in [0.25, 0.3) is 0 Å². The summed E-state index contributed by atoms with van der Waals surface area (Å²) >= 11 is 0. The summed E-state index contributed by atoms with van der Waals surface area (Å²) in [6, 6.07) is 0. The van der Waals surface area contributed by atoms with Crippen LogP contribution in [0.15, 0.2) is 36.1 Å². The van der Waals surface area contributed by atoms with Crippen LogP contribution in [0.3, 0.4) is 0 Å². The molecule has 0 aromatic carbocycles. The van der Waals surface area contributed by atoms with E-state index < -0.39 is 0 Å². The SMILES string of the molecule is C1=CC2=CNCOC2C=C1. The number of rotatable bonds is 0. The molecule has 0 fully saturated rings. The molecule has 0 amide bonds. The van der Waals surface area contributed by atoms with E-state index >= 15 is 0 Å². The minimum absolute atomic E-state index is 0.186. The van der Waals surface area contributed by atoms with E-state index in [1.165, 1.54) is 5.57 Å². The zero-order chi connectivity index (χ0) is 6.81. The molecule has 10 heavy (non-hydrogen) atoms. The van der Waals surface area contributed by atoms with Crippen LogP contribution in [0.4, 0.5) is 0 Å². The van der Waals surface area contributed by atoms with Crippen LogP contribution in [0.1, 0.15) is 0 Å². The first-order chi connectivity index (χ1) is 4.97. The Labute approximate surface area is 59.9 Å². The normalized spacial score (nSPS) is 28.8. The van der Waals surface area contributed by atoms with E-state index in [1.54, 1.807) is 0 Å². The van der Waals surface area contributed by atoms with Gasteiger partial charge in [0.1, 0.15) is 12.8 Å². The van der Waals surface area contributed by atoms with E-state index in [0.717, 1.165) is 0 Å². The van der Waals surface area contributed by atoms with Gasteiger partial charge in [0.25, 0.3) is 0 Å². The molecule has 0 aromatic rings. The molecular weight excluding hydrogens is 126 g/mol. The fourth-order valence-corrected chi connectivity index (χ4v) is 1.12. The lowest BCUT2D eigenvalue weighted by atomic mass is 10.1. The van der Waals surface area contributed by atoms with Crippen molar-refractivity contribution in [1.82, 2.24) is 5.32 Å². The van der Waals surface area contributed by atoms with Crippen molar-refractivity contribution < 1.29 is 4.74 Å². The molecule has 0 saturated heterocycles. The minimum Gasteiger partial charge on any atom is -0.368 e. The maximum Gasteiger partial charge on any atom is 0.117 e. The van der Waals surface area contributed by atoms with Crippen LogP contribution in [0, 0.1) is 0 Å². The highest BCUT2D eigenvalue weighted by atomic mass is 16.5. The molecule has 1 N–H and O–H groups in total. The van der Waals surface area contributed by atoms with Crippen molar-refractivity contribution in [1.29, 1.82) is 0 Å². The Bertz CT molecular complexity index is 215. The molecule has 1 aliphatic carbocycles. The molecule has 0 radical (unpaired) electrons. The zero-order valence-corrected chi connectivity index (χ0v) is 5.58. The molecule has 0 saturated carbocycles. The summed E-state index contributed by atoms with van der Waals surface area (Å²) in [4.78, 5) is 0. The first-order valence-corrected chi connectivity index (χ1v) is 3.37. The summed E-state index contributed by atoms with van der Waals surface area (Å²) in [6.07, 6.45) is 10.3. The van der Waals surface area contributed by atoms with Gasteiger partial charge < -0.3 is 10.1 Å². The van der Waals surface area contributed by atoms with Crippen LogP contribution in [0.5, 0.6) is 0 Å². The van der Waals surface area contributed by atoms with Gasteiger partial charge in [0.2, 0.25) is 0 Å². The molecule has 0 spiro atoms. The number of hydrogen-bond donors (Lipinski definition) is 1. The van der Waals surface area contributed by atoms with E-state index in [2.05, 4.69) is 11.4 Å². The highest BCUT2D eigenvalue weighted by Gasteiger charge is 2.13. The Balaban J connectivity index is 2.27. The highest BCUT2D eigenvalue weighted by Crippen LogP contribution is 2.15. The fourth-order valence-electron chi connectivity index (χ4n) is 1.12. The number of ether oxygens (including phenoxy) is 1. The van der Waals surface area contributed by atoms with Gasteiger partial charge in [-0.2, -0.15) is 0 Å². The van der Waals surface area contributed by atoms with E-state index in [4.69, 9.17) is 4.74 Å². The van der Waals surface area contributed by atoms with Gasteiger partial charge in [0, 0.05) is 11.8 Å². The van der Waals surface area contributed by atoms with E-state index in [0.29, 0.717) is 6.73 Å². The molecule has 1 unspecified atom stereocenters. The monoisotopic (exact) mass is 135 g/mol. The lowest BCUT2D eigenvalue weighted by Gasteiger charge is -2.22. The van der Waals surface area contributed by atoms with E-state index in [9.17, 15) is 0 Å². The van der Waals surface area contributed by atoms with Crippen molar-refractivity contribution in [3.63, 3.8) is 0 Å². The van der Waals surface area contributed by atoms with Crippen molar-refractivity contribution in [3.05, 3.63) is 36.1 Å². The minimum atomic E-state index is 0.186. The standard InChI is InChI=1S/C8H9NO/c1-2-4-8-7(3-1)5-9-6-10-8/h1-5,8-9H,6H2. The molecular formula is C8H9NO. The van der Waals surface area contributed by atoms with Gasteiger partial charge in [-0.05, 0) is 0 Å². The molecule has 2 nitrogen and oxygen atoms in total. The van der Waals surface area contributed by atoms with Gasteiger partial charge in [-0.3, -0.25) is 0 Å². The molecule has 0 aromatic heterocycles. The molecule has 2 heteroatoms. The average molecular weight is 135 g/mol. The fraction of sp³-hybridized carbons (Fsp3) is 0.250. The van der Waals surface area contributed by atoms with Gasteiger partial charge in [-0.1, -0.05) is 24.3 Å². The van der Waals surface area contributed by atoms with Gasteiger partial charge in [0.15, 0.2) is 0 Å². The van der Waals surface area contributed by atoms with Gasteiger partial charge in [-0.25, -0.2) is 0 Å². The predicted octanol–water partition coefficient (Wildman–Crippen LogP) is 0.942. The topological polar surface area (TPSA) is 21.3 Å². The maximum atomic E-state index is 5.36. The Kier molecular flexibility index (Phi) is 1.32. The second kappa shape index (κ2) is 2.31. The molecule has 2 aliphatic rings. The maximum absolute atomic E-state index is 5.36. The van der Waals surface area contributed by atoms with Gasteiger partial charge in [-0.15, -0.1) is 0 Å². The lowest BCUT2D eigenvalue weighted by molar-refractivity contribution is 0.0894. The van der Waals surface area contributed by atoms with E-state index in [1.807, 2.05) is 24.4 Å². The summed E-state index contributed by atoms with van der Waals surface area (Å²) in [5, 5.41) is 3.01. The summed E-state index contributed by atoms with van der Waals surface area (Å²) < 4.78 is 5.36. The second-order valence-electron chi connectivity index (χ2n) is 2.32. The first kappa shape index (κ1) is 5.74. The summed E-state index contributed by atoms with van der Waals surface area (Å²) in [5.41, 5.74) is 1.20. The van der Waals surface area contributed by atoms with Gasteiger partial charge in [0.05, 0.1) is 0 Å². The first-order valence-electron chi connectivity index (χ1n) is 3.37. The molecule has 2 rings (SSSR count). The third-order valence-electron chi connectivity index (χ3n) is 1.63. The zero-order valence-electron chi connectivity index (χ0n) is 5.58. The predicted molar refractivity (Wildman–Crippen MR) is 39.2 cm³/mol. The van der Waals surface area contributed by atoms with Crippen molar-refractivity contribution >= 4 is 0 Å². The van der Waals surface area contributed by atoms with Crippen molar-refractivity contribution in [2.45, 2.75) is 6.10 Å². The largest absolute Gasteiger partial charge is 0.368 e. The lowest BCUT2D eigenvalue weighted by Crippen LogP contribution is -2.27. The van der Waals surface area contributed by atoms with Crippen LogP contribution in [-0.4, -0.2) is 12.8 Å². The van der Waals surface area contributed by atoms with Crippen molar-refractivity contribution in [3.8, 4) is 0 Å². The third kappa shape index (κ3) is 0.866. The Morgan fingerprint density at radius 2 is 2.50 bits per heavy atom. The Morgan fingerprint density at radius 1 is 1.50 bits per heavy atom. The quantitative estimate of drug-likeness (QED) is 0.533. The number of nitrogens with one attached hydrogen (secondary N) is 1. The van der Waals surface area contributed by atoms with Crippen LogP contribution in [-0.2, 0) is 4.74 Å². The van der Waals surface area contributed by atoms with Crippen LogP contribution in [0.2, 0.25) is 0 Å². The van der Waals surface area contributed by atoms with E-state index in [-0.39, 0.29) is 6.10 Å². The summed E-state index contributed by atoms with van der Waals surface area (Å²) in [5.74, 6) is 0. The number of fused-ring (bicyclic) bond motifs is 1. The average Bonchev–Trinajstić information content (AvgIpc) is 2.05. The molecule has 1 atom stereocenters. The molecule has 0 bridgehead atoms. The van der Waals surface area contributed by atoms with Crippen molar-refractivity contribution in [2.75, 3.05) is 6.73 Å². The highest BCUT2D eigenvalue weighted by molar-refractivity contribution is 5.34. The number of allylic oxidation sites excluding steroid dienone is 2. The Hall–Kier alpha value is -1.02. The number of hydrogen-bond acceptors (Lipinski definition) is 2. The summed E-state index contributed by atoms with van der Waals surface area (Å²) in [7, 11) is 0. The van der Waals surface area contributed by atoms with Crippen LogP contribution >= 0.6 is 0 Å². The van der Waals surface area contributed by atoms with Crippen molar-refractivity contribution in [2.24, 2.45) is 0 Å². The molecule has 1 heterocycles. The van der Waals surface area contributed by atoms with Crippen LogP contribution < -0.4 is 5.32 Å². The Morgan fingerprint density at radius 3 is 3.40 bits per heavy atom. The second-order valence-corrected chi connectivity index (χ2v) is 2.32. The smallest absolute Gasteiger partial charge is 0.117 e.